The van der Waals surface area contributed by atoms with Crippen LogP contribution in [0.1, 0.15) is 6.92 Å². The second-order valence-electron chi connectivity index (χ2n) is 4.26. The van der Waals surface area contributed by atoms with Gasteiger partial charge in [-0.3, -0.25) is 14.8 Å². The van der Waals surface area contributed by atoms with E-state index in [2.05, 4.69) is 26.5 Å². The number of rotatable bonds is 4. The molecule has 0 atom stereocenters. The van der Waals surface area contributed by atoms with E-state index in [0.717, 1.165) is 22.0 Å². The summed E-state index contributed by atoms with van der Waals surface area (Å²) < 4.78 is 0. The van der Waals surface area contributed by atoms with Gasteiger partial charge in [0, 0.05) is 29.5 Å². The second kappa shape index (κ2) is 5.63. The van der Waals surface area contributed by atoms with E-state index >= 15 is 0 Å². The van der Waals surface area contributed by atoms with Crippen molar-refractivity contribution in [3.63, 3.8) is 0 Å². The molecule has 0 fully saturated rings. The minimum Gasteiger partial charge on any atom is -0.275 e. The van der Waals surface area contributed by atoms with Crippen LogP contribution in [-0.2, 0) is 4.84 Å². The van der Waals surface area contributed by atoms with E-state index in [-0.39, 0.29) is 0 Å². The highest BCUT2D eigenvalue weighted by atomic mass is 16.6. The highest BCUT2D eigenvalue weighted by molar-refractivity contribution is 5.87. The summed E-state index contributed by atoms with van der Waals surface area (Å²) in [6.45, 7) is 2.50. The molecule has 0 radical (unpaired) electrons. The van der Waals surface area contributed by atoms with Crippen LogP contribution in [0.25, 0.3) is 22.0 Å². The standard InChI is InChI=1S/C15H14N4O/c1-2-20-19-15-8-13-7-11(3-4-12(13)9-18-15)14-10-16-5-6-17-14/h3-10H,2H2,1H3,(H,18,19). The van der Waals surface area contributed by atoms with E-state index in [1.54, 1.807) is 18.6 Å². The number of aromatic nitrogens is 3. The van der Waals surface area contributed by atoms with E-state index in [0.29, 0.717) is 12.4 Å². The highest BCUT2D eigenvalue weighted by Gasteiger charge is 2.02. The molecule has 0 aliphatic rings. The summed E-state index contributed by atoms with van der Waals surface area (Å²) in [5.74, 6) is 0.690. The Hall–Kier alpha value is -2.53. The zero-order valence-electron chi connectivity index (χ0n) is 11.1. The molecule has 1 aromatic carbocycles. The summed E-state index contributed by atoms with van der Waals surface area (Å²) >= 11 is 0. The molecular weight excluding hydrogens is 252 g/mol. The van der Waals surface area contributed by atoms with E-state index in [9.17, 15) is 0 Å². The van der Waals surface area contributed by atoms with Gasteiger partial charge in [0.1, 0.15) is 5.82 Å². The maximum atomic E-state index is 5.15. The van der Waals surface area contributed by atoms with Crippen molar-refractivity contribution in [3.05, 3.63) is 49.1 Å². The fraction of sp³-hybridized carbons (Fsp3) is 0.133. The number of fused-ring (bicyclic) bond motifs is 1. The van der Waals surface area contributed by atoms with Crippen LogP contribution in [-0.4, -0.2) is 21.6 Å². The Bertz CT molecular complexity index is 715. The van der Waals surface area contributed by atoms with E-state index in [4.69, 9.17) is 4.84 Å². The molecule has 0 aliphatic heterocycles. The van der Waals surface area contributed by atoms with Crippen molar-refractivity contribution in [2.75, 3.05) is 12.1 Å². The van der Waals surface area contributed by atoms with Gasteiger partial charge in [0.25, 0.3) is 0 Å². The van der Waals surface area contributed by atoms with Crippen LogP contribution < -0.4 is 5.48 Å². The van der Waals surface area contributed by atoms with Gasteiger partial charge in [-0.1, -0.05) is 12.1 Å². The third kappa shape index (κ3) is 2.57. The first-order valence-corrected chi connectivity index (χ1v) is 6.41. The highest BCUT2D eigenvalue weighted by Crippen LogP contribution is 2.23. The predicted octanol–water partition coefficient (Wildman–Crippen LogP) is 3.06. The average Bonchev–Trinajstić information content (AvgIpc) is 2.53. The van der Waals surface area contributed by atoms with Crippen LogP contribution in [0, 0.1) is 0 Å². The number of anilines is 1. The quantitative estimate of drug-likeness (QED) is 0.735. The van der Waals surface area contributed by atoms with Gasteiger partial charge >= 0.3 is 0 Å². The maximum absolute atomic E-state index is 5.15. The Morgan fingerprint density at radius 2 is 2.00 bits per heavy atom. The first-order valence-electron chi connectivity index (χ1n) is 6.41. The van der Waals surface area contributed by atoms with Gasteiger partial charge in [0.2, 0.25) is 0 Å². The van der Waals surface area contributed by atoms with E-state index in [1.807, 2.05) is 31.3 Å². The first kappa shape index (κ1) is 12.5. The van der Waals surface area contributed by atoms with Gasteiger partial charge in [0.15, 0.2) is 0 Å². The third-order valence-electron chi connectivity index (χ3n) is 2.90. The molecule has 2 heterocycles. The molecule has 0 saturated heterocycles. The zero-order chi connectivity index (χ0) is 13.8. The van der Waals surface area contributed by atoms with Gasteiger partial charge in [-0.15, -0.1) is 0 Å². The largest absolute Gasteiger partial charge is 0.275 e. The fourth-order valence-electron chi connectivity index (χ4n) is 1.95. The smallest absolute Gasteiger partial charge is 0.150 e. The van der Waals surface area contributed by atoms with Crippen molar-refractivity contribution in [3.8, 4) is 11.3 Å². The van der Waals surface area contributed by atoms with Crippen LogP contribution in [0.5, 0.6) is 0 Å². The van der Waals surface area contributed by atoms with Crippen LogP contribution in [0.2, 0.25) is 0 Å². The van der Waals surface area contributed by atoms with Crippen molar-refractivity contribution < 1.29 is 4.84 Å². The first-order chi connectivity index (χ1) is 9.86. The molecule has 1 N–H and O–H groups in total. The lowest BCUT2D eigenvalue weighted by Crippen LogP contribution is -2.01. The maximum Gasteiger partial charge on any atom is 0.150 e. The number of nitrogens with one attached hydrogen (secondary N) is 1. The molecule has 0 amide bonds. The Kier molecular flexibility index (Phi) is 3.52. The summed E-state index contributed by atoms with van der Waals surface area (Å²) in [5.41, 5.74) is 4.69. The lowest BCUT2D eigenvalue weighted by molar-refractivity contribution is 0.209. The molecule has 0 bridgehead atoms. The van der Waals surface area contributed by atoms with Gasteiger partial charge in [-0.05, 0) is 24.4 Å². The lowest BCUT2D eigenvalue weighted by atomic mass is 10.1. The molecule has 5 heteroatoms. The molecular formula is C15H14N4O. The van der Waals surface area contributed by atoms with Crippen LogP contribution in [0.4, 0.5) is 5.82 Å². The second-order valence-corrected chi connectivity index (χ2v) is 4.26. The minimum atomic E-state index is 0.583. The predicted molar refractivity (Wildman–Crippen MR) is 78.0 cm³/mol. The molecule has 0 spiro atoms. The topological polar surface area (TPSA) is 59.9 Å². The summed E-state index contributed by atoms with van der Waals surface area (Å²) in [6.07, 6.45) is 6.92. The van der Waals surface area contributed by atoms with E-state index < -0.39 is 0 Å². The molecule has 5 nitrogen and oxygen atoms in total. The van der Waals surface area contributed by atoms with Gasteiger partial charge < -0.3 is 0 Å². The lowest BCUT2D eigenvalue weighted by Gasteiger charge is -2.06. The van der Waals surface area contributed by atoms with Crippen molar-refractivity contribution in [1.82, 2.24) is 15.0 Å². The normalized spacial score (nSPS) is 10.7. The Balaban J connectivity index is 2.00. The summed E-state index contributed by atoms with van der Waals surface area (Å²) in [7, 11) is 0. The average molecular weight is 266 g/mol. The number of pyridine rings is 1. The molecule has 100 valence electrons. The Morgan fingerprint density at radius 1 is 1.05 bits per heavy atom. The van der Waals surface area contributed by atoms with Crippen molar-refractivity contribution in [2.24, 2.45) is 0 Å². The summed E-state index contributed by atoms with van der Waals surface area (Å²) in [4.78, 5) is 17.8. The van der Waals surface area contributed by atoms with Crippen molar-refractivity contribution >= 4 is 16.6 Å². The van der Waals surface area contributed by atoms with Crippen LogP contribution in [0.3, 0.4) is 0 Å². The SMILES string of the molecule is CCONc1cc2cc(-c3cnccn3)ccc2cn1. The Morgan fingerprint density at radius 3 is 2.80 bits per heavy atom. The minimum absolute atomic E-state index is 0.583. The molecule has 2 aromatic heterocycles. The number of hydrogen-bond acceptors (Lipinski definition) is 5. The van der Waals surface area contributed by atoms with Crippen LogP contribution in [0.15, 0.2) is 49.1 Å². The number of nitrogens with zero attached hydrogens (tertiary/aromatic N) is 3. The van der Waals surface area contributed by atoms with Crippen molar-refractivity contribution in [2.45, 2.75) is 6.92 Å². The number of benzene rings is 1. The molecule has 20 heavy (non-hydrogen) atoms. The van der Waals surface area contributed by atoms with Crippen LogP contribution >= 0.6 is 0 Å². The molecule has 0 aliphatic carbocycles. The molecule has 3 rings (SSSR count). The summed E-state index contributed by atoms with van der Waals surface area (Å²) in [5, 5.41) is 2.14. The van der Waals surface area contributed by atoms with Gasteiger partial charge in [-0.2, -0.15) is 0 Å². The molecule has 3 aromatic rings. The monoisotopic (exact) mass is 266 g/mol. The third-order valence-corrected chi connectivity index (χ3v) is 2.90. The fourth-order valence-corrected chi connectivity index (χ4v) is 1.95. The molecule has 0 unspecified atom stereocenters. The number of hydrogen-bond donors (Lipinski definition) is 1. The van der Waals surface area contributed by atoms with E-state index in [1.165, 1.54) is 0 Å². The summed E-state index contributed by atoms with van der Waals surface area (Å²) in [6, 6.07) is 8.06. The Labute approximate surface area is 116 Å². The molecule has 0 saturated carbocycles. The van der Waals surface area contributed by atoms with Gasteiger partial charge in [-0.25, -0.2) is 10.5 Å². The van der Waals surface area contributed by atoms with Crippen molar-refractivity contribution in [1.29, 1.82) is 0 Å². The van der Waals surface area contributed by atoms with Gasteiger partial charge in [0.05, 0.1) is 18.5 Å². The zero-order valence-corrected chi connectivity index (χ0v) is 11.1.